The predicted octanol–water partition coefficient (Wildman–Crippen LogP) is 3.31. The Kier molecular flexibility index (Phi) is 6.43. The van der Waals surface area contributed by atoms with Gasteiger partial charge in [-0.2, -0.15) is 9.41 Å². The summed E-state index contributed by atoms with van der Waals surface area (Å²) in [5.41, 5.74) is 5.39. The molecule has 0 aromatic heterocycles. The Labute approximate surface area is 192 Å². The van der Waals surface area contributed by atoms with Gasteiger partial charge in [0.1, 0.15) is 0 Å². The standard InChI is InChI=1S/C24H23N3O5S/c1-17-3-10-21(11-4-17)33(29,30)27(2)15-18-5-8-20(9-6-18)24(28)26-25-14-19-7-12-22-23(13-19)32-16-31-22/h3-14H,15-16H2,1-2H3,(H,26,28). The highest BCUT2D eigenvalue weighted by molar-refractivity contribution is 7.89. The van der Waals surface area contributed by atoms with Crippen LogP contribution in [0.1, 0.15) is 27.0 Å². The lowest BCUT2D eigenvalue weighted by atomic mass is 10.1. The summed E-state index contributed by atoms with van der Waals surface area (Å²) in [4.78, 5) is 12.6. The number of carbonyl (C=O) groups is 1. The van der Waals surface area contributed by atoms with Crippen molar-refractivity contribution in [3.8, 4) is 11.5 Å². The van der Waals surface area contributed by atoms with Crippen LogP contribution in [0.15, 0.2) is 76.7 Å². The van der Waals surface area contributed by atoms with E-state index in [0.29, 0.717) is 17.1 Å². The molecule has 0 atom stereocenters. The lowest BCUT2D eigenvalue weighted by Crippen LogP contribution is -2.26. The molecule has 0 spiro atoms. The molecule has 0 saturated carbocycles. The summed E-state index contributed by atoms with van der Waals surface area (Å²) in [7, 11) is -2.08. The van der Waals surface area contributed by atoms with E-state index in [1.54, 1.807) is 66.7 Å². The average Bonchev–Trinajstić information content (AvgIpc) is 3.28. The second-order valence-electron chi connectivity index (χ2n) is 7.58. The number of hydrogen-bond acceptors (Lipinski definition) is 6. The molecule has 9 heteroatoms. The van der Waals surface area contributed by atoms with Crippen LogP contribution in [-0.4, -0.2) is 38.7 Å². The van der Waals surface area contributed by atoms with Gasteiger partial charge in [-0.25, -0.2) is 13.8 Å². The van der Waals surface area contributed by atoms with Crippen LogP contribution in [0.25, 0.3) is 0 Å². The van der Waals surface area contributed by atoms with Crippen molar-refractivity contribution >= 4 is 22.1 Å². The number of ether oxygens (including phenoxy) is 2. The predicted molar refractivity (Wildman–Crippen MR) is 124 cm³/mol. The van der Waals surface area contributed by atoms with E-state index in [-0.39, 0.29) is 24.1 Å². The van der Waals surface area contributed by atoms with Gasteiger partial charge in [-0.1, -0.05) is 29.8 Å². The van der Waals surface area contributed by atoms with E-state index in [9.17, 15) is 13.2 Å². The number of aryl methyl sites for hydroxylation is 1. The first-order valence-electron chi connectivity index (χ1n) is 10.2. The zero-order chi connectivity index (χ0) is 23.4. The zero-order valence-electron chi connectivity index (χ0n) is 18.2. The van der Waals surface area contributed by atoms with Crippen LogP contribution in [-0.2, 0) is 16.6 Å². The molecule has 1 aliphatic rings. The quantitative estimate of drug-likeness (QED) is 0.427. The van der Waals surface area contributed by atoms with E-state index in [0.717, 1.165) is 16.7 Å². The van der Waals surface area contributed by atoms with Crippen molar-refractivity contribution in [1.82, 2.24) is 9.73 Å². The number of sulfonamides is 1. The maximum absolute atomic E-state index is 12.8. The molecule has 3 aromatic carbocycles. The van der Waals surface area contributed by atoms with Crippen LogP contribution in [0.5, 0.6) is 11.5 Å². The molecule has 0 bridgehead atoms. The molecule has 1 heterocycles. The summed E-state index contributed by atoms with van der Waals surface area (Å²) in [6, 6.07) is 18.8. The first kappa shape index (κ1) is 22.5. The molecule has 0 unspecified atom stereocenters. The minimum absolute atomic E-state index is 0.181. The van der Waals surface area contributed by atoms with Crippen molar-refractivity contribution in [1.29, 1.82) is 0 Å². The lowest BCUT2D eigenvalue weighted by molar-refractivity contribution is 0.0955. The number of fused-ring (bicyclic) bond motifs is 1. The van der Waals surface area contributed by atoms with Crippen molar-refractivity contribution in [3.05, 3.63) is 89.0 Å². The van der Waals surface area contributed by atoms with Gasteiger partial charge in [0.05, 0.1) is 11.1 Å². The van der Waals surface area contributed by atoms with Crippen molar-refractivity contribution in [2.75, 3.05) is 13.8 Å². The van der Waals surface area contributed by atoms with Crippen molar-refractivity contribution in [3.63, 3.8) is 0 Å². The fraction of sp³-hybridized carbons (Fsp3) is 0.167. The van der Waals surface area contributed by atoms with Crippen molar-refractivity contribution in [2.45, 2.75) is 18.4 Å². The van der Waals surface area contributed by atoms with E-state index in [4.69, 9.17) is 9.47 Å². The molecule has 0 fully saturated rings. The molecular weight excluding hydrogens is 442 g/mol. The van der Waals surface area contributed by atoms with Gasteiger partial charge in [-0.15, -0.1) is 0 Å². The number of hydrogen-bond donors (Lipinski definition) is 1. The summed E-state index contributed by atoms with van der Waals surface area (Å²) in [5.74, 6) is 0.933. The van der Waals surface area contributed by atoms with Crippen LogP contribution >= 0.6 is 0 Å². The number of nitrogens with zero attached hydrogens (tertiary/aromatic N) is 2. The highest BCUT2D eigenvalue weighted by Crippen LogP contribution is 2.31. The summed E-state index contributed by atoms with van der Waals surface area (Å²) in [5, 5.41) is 3.98. The monoisotopic (exact) mass is 465 g/mol. The van der Waals surface area contributed by atoms with Crippen LogP contribution in [0, 0.1) is 6.92 Å². The SMILES string of the molecule is Cc1ccc(S(=O)(=O)N(C)Cc2ccc(C(=O)NN=Cc3ccc4c(c3)OCO4)cc2)cc1. The van der Waals surface area contributed by atoms with E-state index in [1.807, 2.05) is 6.92 Å². The van der Waals surface area contributed by atoms with Gasteiger partial charge < -0.3 is 9.47 Å². The number of hydrazone groups is 1. The van der Waals surface area contributed by atoms with Gasteiger partial charge >= 0.3 is 0 Å². The van der Waals surface area contributed by atoms with Gasteiger partial charge in [-0.3, -0.25) is 4.79 Å². The van der Waals surface area contributed by atoms with Gasteiger partial charge in [0.25, 0.3) is 5.91 Å². The third kappa shape index (κ3) is 5.21. The van der Waals surface area contributed by atoms with Gasteiger partial charge in [0, 0.05) is 19.2 Å². The summed E-state index contributed by atoms with van der Waals surface area (Å²) in [6.45, 7) is 2.28. The first-order valence-corrected chi connectivity index (χ1v) is 11.6. The van der Waals surface area contributed by atoms with Crippen LogP contribution in [0.3, 0.4) is 0 Å². The minimum atomic E-state index is -3.60. The Hall–Kier alpha value is -3.69. The highest BCUT2D eigenvalue weighted by atomic mass is 32.2. The molecule has 8 nitrogen and oxygen atoms in total. The fourth-order valence-corrected chi connectivity index (χ4v) is 4.38. The molecule has 1 aliphatic heterocycles. The maximum atomic E-state index is 12.8. The van der Waals surface area contributed by atoms with Crippen molar-refractivity contribution in [2.24, 2.45) is 5.10 Å². The lowest BCUT2D eigenvalue weighted by Gasteiger charge is -2.17. The fourth-order valence-electron chi connectivity index (χ4n) is 3.22. The number of benzene rings is 3. The van der Waals surface area contributed by atoms with Crippen molar-refractivity contribution < 1.29 is 22.7 Å². The topological polar surface area (TPSA) is 97.3 Å². The Morgan fingerprint density at radius 1 is 1.03 bits per heavy atom. The third-order valence-electron chi connectivity index (χ3n) is 5.13. The molecule has 33 heavy (non-hydrogen) atoms. The van der Waals surface area contributed by atoms with Crippen LogP contribution in [0.4, 0.5) is 0 Å². The Bertz CT molecular complexity index is 1290. The molecule has 170 valence electrons. The molecule has 3 aromatic rings. The van der Waals surface area contributed by atoms with Crippen LogP contribution < -0.4 is 14.9 Å². The Morgan fingerprint density at radius 2 is 1.73 bits per heavy atom. The largest absolute Gasteiger partial charge is 0.454 e. The number of nitrogens with one attached hydrogen (secondary N) is 1. The number of amides is 1. The molecule has 0 saturated heterocycles. The smallest absolute Gasteiger partial charge is 0.271 e. The molecule has 4 rings (SSSR count). The van der Waals surface area contributed by atoms with E-state index < -0.39 is 10.0 Å². The first-order chi connectivity index (χ1) is 15.8. The van der Waals surface area contributed by atoms with Gasteiger partial charge in [0.2, 0.25) is 16.8 Å². The molecule has 0 aliphatic carbocycles. The average molecular weight is 466 g/mol. The summed E-state index contributed by atoms with van der Waals surface area (Å²) in [6.07, 6.45) is 1.51. The molecule has 1 amide bonds. The normalized spacial score (nSPS) is 12.9. The third-order valence-corrected chi connectivity index (χ3v) is 6.94. The zero-order valence-corrected chi connectivity index (χ0v) is 19.0. The summed E-state index contributed by atoms with van der Waals surface area (Å²) >= 11 is 0. The Morgan fingerprint density at radius 3 is 2.45 bits per heavy atom. The molecule has 1 N–H and O–H groups in total. The minimum Gasteiger partial charge on any atom is -0.454 e. The molecule has 0 radical (unpaired) electrons. The highest BCUT2D eigenvalue weighted by Gasteiger charge is 2.20. The van der Waals surface area contributed by atoms with Gasteiger partial charge in [0.15, 0.2) is 11.5 Å². The number of rotatable bonds is 7. The molecular formula is C24H23N3O5S. The van der Waals surface area contributed by atoms with E-state index >= 15 is 0 Å². The second-order valence-corrected chi connectivity index (χ2v) is 9.63. The Balaban J connectivity index is 1.35. The van der Waals surface area contributed by atoms with E-state index in [1.165, 1.54) is 17.6 Å². The maximum Gasteiger partial charge on any atom is 0.271 e. The summed E-state index contributed by atoms with van der Waals surface area (Å²) < 4.78 is 37.4. The van der Waals surface area contributed by atoms with E-state index in [2.05, 4.69) is 10.5 Å². The number of carbonyl (C=O) groups excluding carboxylic acids is 1. The van der Waals surface area contributed by atoms with Gasteiger partial charge in [-0.05, 0) is 60.5 Å². The second kappa shape index (κ2) is 9.43. The van der Waals surface area contributed by atoms with Crippen LogP contribution in [0.2, 0.25) is 0 Å².